The number of hydrogen-bond donors (Lipinski definition) is 1. The van der Waals surface area contributed by atoms with Crippen LogP contribution in [0.4, 0.5) is 0 Å². The Balaban J connectivity index is 0.000000167. The van der Waals surface area contributed by atoms with Gasteiger partial charge >= 0.3 is 0 Å². The summed E-state index contributed by atoms with van der Waals surface area (Å²) < 4.78 is 0. The second-order valence-corrected chi connectivity index (χ2v) is 6.97. The van der Waals surface area contributed by atoms with E-state index in [0.29, 0.717) is 5.75 Å². The predicted octanol–water partition coefficient (Wildman–Crippen LogP) is 7.43. The van der Waals surface area contributed by atoms with Gasteiger partial charge in [0.25, 0.3) is 0 Å². The fourth-order valence-corrected chi connectivity index (χ4v) is 3.33. The number of allylic oxidation sites excluding steroid dienone is 4. The van der Waals surface area contributed by atoms with Crippen LogP contribution in [0.25, 0.3) is 16.7 Å². The minimum atomic E-state index is 0.478. The molecule has 1 heteroatoms. The average Bonchev–Trinajstić information content (AvgIpc) is 3.29. The van der Waals surface area contributed by atoms with Crippen LogP contribution in [0.3, 0.4) is 0 Å². The monoisotopic (exact) mass is 368 g/mol. The molecule has 0 atom stereocenters. The van der Waals surface area contributed by atoms with Crippen LogP contribution in [0, 0.1) is 0 Å². The number of para-hydroxylation sites is 1. The molecule has 0 bridgehead atoms. The Morgan fingerprint density at radius 2 is 1.43 bits per heavy atom. The van der Waals surface area contributed by atoms with Crippen molar-refractivity contribution in [1.29, 1.82) is 0 Å². The zero-order valence-electron chi connectivity index (χ0n) is 16.5. The molecule has 3 aromatic rings. The quantitative estimate of drug-likeness (QED) is 0.496. The van der Waals surface area contributed by atoms with E-state index in [4.69, 9.17) is 0 Å². The average molecular weight is 369 g/mol. The Kier molecular flexibility index (Phi) is 7.26. The van der Waals surface area contributed by atoms with Crippen molar-refractivity contribution in [2.45, 2.75) is 32.6 Å². The summed E-state index contributed by atoms with van der Waals surface area (Å²) >= 11 is 0. The summed E-state index contributed by atoms with van der Waals surface area (Å²) in [4.78, 5) is 0. The maximum Gasteiger partial charge on any atom is 0.126 e. The molecule has 1 nitrogen and oxygen atoms in total. The first-order valence-electron chi connectivity index (χ1n) is 10.1. The third-order valence-corrected chi connectivity index (χ3v) is 4.92. The van der Waals surface area contributed by atoms with E-state index in [-0.39, 0.29) is 0 Å². The van der Waals surface area contributed by atoms with Gasteiger partial charge in [0.1, 0.15) is 5.75 Å². The zero-order valence-corrected chi connectivity index (χ0v) is 16.5. The highest BCUT2D eigenvalue weighted by Gasteiger charge is 2.11. The maximum atomic E-state index is 10.2. The standard InChI is InChI=1S/C15H18O.C12H10/c1-2-3-7-13-10-6-11-14(15(13)16)12-8-4-5-9-12;1-3-7-11(8-4-1)12-9-5-2-6-10-12/h4-6,8,10-11,16H,2-3,7,9H2,1H3;1-10H. The van der Waals surface area contributed by atoms with Gasteiger partial charge in [0.05, 0.1) is 0 Å². The lowest BCUT2D eigenvalue weighted by Gasteiger charge is -2.10. The van der Waals surface area contributed by atoms with E-state index in [0.717, 1.165) is 36.8 Å². The van der Waals surface area contributed by atoms with Crippen LogP contribution in [-0.2, 0) is 6.42 Å². The topological polar surface area (TPSA) is 20.2 Å². The van der Waals surface area contributed by atoms with Gasteiger partial charge in [-0.3, -0.25) is 0 Å². The van der Waals surface area contributed by atoms with Gasteiger partial charge in [-0.25, -0.2) is 0 Å². The Labute approximate surface area is 168 Å². The van der Waals surface area contributed by atoms with Crippen LogP contribution in [0.5, 0.6) is 5.75 Å². The summed E-state index contributed by atoms with van der Waals surface area (Å²) in [7, 11) is 0. The number of benzene rings is 3. The molecule has 3 aromatic carbocycles. The maximum absolute atomic E-state index is 10.2. The molecule has 0 heterocycles. The normalized spacial score (nSPS) is 12.2. The molecular weight excluding hydrogens is 340 g/mol. The predicted molar refractivity (Wildman–Crippen MR) is 120 cm³/mol. The summed E-state index contributed by atoms with van der Waals surface area (Å²) in [5.74, 6) is 0.478. The molecule has 0 aliphatic heterocycles. The largest absolute Gasteiger partial charge is 0.507 e. The van der Waals surface area contributed by atoms with Crippen LogP contribution in [-0.4, -0.2) is 5.11 Å². The summed E-state index contributed by atoms with van der Waals surface area (Å²) in [5, 5.41) is 10.2. The van der Waals surface area contributed by atoms with Crippen molar-refractivity contribution in [2.24, 2.45) is 0 Å². The fourth-order valence-electron chi connectivity index (χ4n) is 3.33. The third kappa shape index (κ3) is 5.23. The van der Waals surface area contributed by atoms with Gasteiger partial charge in [-0.1, -0.05) is 110 Å². The van der Waals surface area contributed by atoms with Crippen molar-refractivity contribution >= 4 is 5.57 Å². The summed E-state index contributed by atoms with van der Waals surface area (Å²) in [6.45, 7) is 2.17. The summed E-state index contributed by atoms with van der Waals surface area (Å²) in [5.41, 5.74) is 5.85. The molecule has 0 amide bonds. The number of phenols is 1. The van der Waals surface area contributed by atoms with E-state index in [1.54, 1.807) is 0 Å². The molecule has 28 heavy (non-hydrogen) atoms. The number of aryl methyl sites for hydroxylation is 1. The first-order valence-corrected chi connectivity index (χ1v) is 10.1. The minimum Gasteiger partial charge on any atom is -0.507 e. The van der Waals surface area contributed by atoms with Gasteiger partial charge in [-0.05, 0) is 41.5 Å². The van der Waals surface area contributed by atoms with E-state index >= 15 is 0 Å². The number of phenolic OH excluding ortho intramolecular Hbond substituents is 1. The van der Waals surface area contributed by atoms with Crippen LogP contribution >= 0.6 is 0 Å². The molecule has 0 saturated heterocycles. The molecule has 142 valence electrons. The number of unbranched alkanes of at least 4 members (excludes halogenated alkanes) is 1. The van der Waals surface area contributed by atoms with Crippen molar-refractivity contribution in [2.75, 3.05) is 0 Å². The van der Waals surface area contributed by atoms with Crippen molar-refractivity contribution in [3.05, 3.63) is 108 Å². The minimum absolute atomic E-state index is 0.478. The SMILES string of the molecule is CCCCc1cccc(C2=CC=CC2)c1O.c1ccc(-c2ccccc2)cc1. The van der Waals surface area contributed by atoms with Gasteiger partial charge < -0.3 is 5.11 Å². The van der Waals surface area contributed by atoms with E-state index in [2.05, 4.69) is 67.6 Å². The highest BCUT2D eigenvalue weighted by molar-refractivity contribution is 5.75. The summed E-state index contributed by atoms with van der Waals surface area (Å²) in [6.07, 6.45) is 10.4. The molecule has 0 fully saturated rings. The molecule has 4 rings (SSSR count). The van der Waals surface area contributed by atoms with E-state index in [1.165, 1.54) is 16.7 Å². The molecule has 1 aliphatic carbocycles. The van der Waals surface area contributed by atoms with Crippen molar-refractivity contribution in [3.63, 3.8) is 0 Å². The molecule has 0 radical (unpaired) electrons. The Morgan fingerprint density at radius 1 is 0.786 bits per heavy atom. The molecular formula is C27H28O. The Hall–Kier alpha value is -3.06. The van der Waals surface area contributed by atoms with E-state index in [1.807, 2.05) is 36.4 Å². The van der Waals surface area contributed by atoms with Crippen LogP contribution < -0.4 is 0 Å². The van der Waals surface area contributed by atoms with Gasteiger partial charge in [0.15, 0.2) is 0 Å². The lowest BCUT2D eigenvalue weighted by Crippen LogP contribution is -1.90. The Bertz CT molecular complexity index is 883. The molecule has 0 aromatic heterocycles. The molecule has 1 aliphatic rings. The van der Waals surface area contributed by atoms with Gasteiger partial charge in [-0.15, -0.1) is 0 Å². The van der Waals surface area contributed by atoms with Gasteiger partial charge in [0.2, 0.25) is 0 Å². The zero-order chi connectivity index (χ0) is 19.6. The highest BCUT2D eigenvalue weighted by Crippen LogP contribution is 2.33. The molecule has 0 saturated carbocycles. The smallest absolute Gasteiger partial charge is 0.126 e. The first kappa shape index (κ1) is 19.7. The molecule has 1 N–H and O–H groups in total. The van der Waals surface area contributed by atoms with Crippen molar-refractivity contribution < 1.29 is 5.11 Å². The van der Waals surface area contributed by atoms with Crippen LogP contribution in [0.15, 0.2) is 97.1 Å². The molecule has 0 unspecified atom stereocenters. The van der Waals surface area contributed by atoms with E-state index < -0.39 is 0 Å². The van der Waals surface area contributed by atoms with Crippen LogP contribution in [0.1, 0.15) is 37.3 Å². The van der Waals surface area contributed by atoms with Gasteiger partial charge in [-0.2, -0.15) is 0 Å². The fraction of sp³-hybridized carbons (Fsp3) is 0.185. The number of hydrogen-bond acceptors (Lipinski definition) is 1. The highest BCUT2D eigenvalue weighted by atomic mass is 16.3. The van der Waals surface area contributed by atoms with Crippen LogP contribution in [0.2, 0.25) is 0 Å². The van der Waals surface area contributed by atoms with Gasteiger partial charge in [0, 0.05) is 5.56 Å². The second kappa shape index (κ2) is 10.3. The molecule has 0 spiro atoms. The lowest BCUT2D eigenvalue weighted by molar-refractivity contribution is 0.465. The van der Waals surface area contributed by atoms with Crippen molar-refractivity contribution in [3.8, 4) is 16.9 Å². The second-order valence-electron chi connectivity index (χ2n) is 6.97. The van der Waals surface area contributed by atoms with E-state index in [9.17, 15) is 5.11 Å². The Morgan fingerprint density at radius 3 is 1.96 bits per heavy atom. The lowest BCUT2D eigenvalue weighted by atomic mass is 9.98. The summed E-state index contributed by atoms with van der Waals surface area (Å²) in [6, 6.07) is 26.9. The third-order valence-electron chi connectivity index (χ3n) is 4.92. The van der Waals surface area contributed by atoms with Crippen molar-refractivity contribution in [1.82, 2.24) is 0 Å². The first-order chi connectivity index (χ1) is 13.8. The number of rotatable bonds is 5. The number of aromatic hydroxyl groups is 1.